The van der Waals surface area contributed by atoms with Crippen molar-refractivity contribution in [2.45, 2.75) is 24.8 Å². The number of hydrogen-bond acceptors (Lipinski definition) is 5. The average Bonchev–Trinajstić information content (AvgIpc) is 3.18. The molecule has 7 heteroatoms. The Balaban J connectivity index is 1.48. The van der Waals surface area contributed by atoms with E-state index in [0.717, 1.165) is 60.8 Å². The van der Waals surface area contributed by atoms with E-state index in [1.54, 1.807) is 12.1 Å². The van der Waals surface area contributed by atoms with Crippen LogP contribution in [0.25, 0.3) is 11.1 Å². The molecule has 0 amide bonds. The van der Waals surface area contributed by atoms with Gasteiger partial charge >= 0.3 is 0 Å². The molecule has 2 aromatic carbocycles. The van der Waals surface area contributed by atoms with E-state index in [9.17, 15) is 4.39 Å². The van der Waals surface area contributed by atoms with Gasteiger partial charge in [0.1, 0.15) is 11.6 Å². The molecule has 3 aromatic rings. The number of anilines is 2. The van der Waals surface area contributed by atoms with Crippen molar-refractivity contribution in [2.75, 3.05) is 29.9 Å². The first-order valence-corrected chi connectivity index (χ1v) is 10.6. The summed E-state index contributed by atoms with van der Waals surface area (Å²) < 4.78 is 14.5. The molecule has 0 bridgehead atoms. The summed E-state index contributed by atoms with van der Waals surface area (Å²) in [5.74, 6) is 0.612. The monoisotopic (exact) mass is 423 g/mol. The third-order valence-corrected chi connectivity index (χ3v) is 6.35. The maximum Gasteiger partial charge on any atom is 0.147 e. The van der Waals surface area contributed by atoms with Crippen LogP contribution in [-0.4, -0.2) is 35.6 Å². The van der Waals surface area contributed by atoms with Gasteiger partial charge in [-0.05, 0) is 48.2 Å². The van der Waals surface area contributed by atoms with Crippen molar-refractivity contribution in [2.24, 2.45) is 5.73 Å². The molecule has 0 spiro atoms. The fourth-order valence-corrected chi connectivity index (χ4v) is 4.62. The van der Waals surface area contributed by atoms with Gasteiger partial charge in [0, 0.05) is 49.0 Å². The molecular formula is C23H23ClFN5. The van der Waals surface area contributed by atoms with Gasteiger partial charge in [-0.15, -0.1) is 0 Å². The Hall–Kier alpha value is -2.70. The normalized spacial score (nSPS) is 18.9. The molecule has 1 fully saturated rings. The Kier molecular flexibility index (Phi) is 5.05. The Labute approximate surface area is 180 Å². The molecule has 5 rings (SSSR count). The molecule has 0 radical (unpaired) electrons. The fraction of sp³-hybridized carbons (Fsp3) is 0.304. The van der Waals surface area contributed by atoms with Crippen LogP contribution in [0.1, 0.15) is 30.0 Å². The average molecular weight is 424 g/mol. The summed E-state index contributed by atoms with van der Waals surface area (Å²) in [5.41, 5.74) is 10.3. The third kappa shape index (κ3) is 3.50. The van der Waals surface area contributed by atoms with Crippen LogP contribution in [0.2, 0.25) is 5.02 Å². The zero-order valence-electron chi connectivity index (χ0n) is 16.5. The highest BCUT2D eigenvalue weighted by molar-refractivity contribution is 6.33. The Morgan fingerprint density at radius 3 is 2.77 bits per heavy atom. The number of hydrogen-bond donors (Lipinski definition) is 2. The van der Waals surface area contributed by atoms with Crippen LogP contribution in [0.3, 0.4) is 0 Å². The Morgan fingerprint density at radius 1 is 1.13 bits per heavy atom. The van der Waals surface area contributed by atoms with Crippen molar-refractivity contribution in [1.82, 2.24) is 9.97 Å². The number of nitrogens with two attached hydrogens (primary N) is 1. The van der Waals surface area contributed by atoms with E-state index in [1.165, 1.54) is 6.07 Å². The van der Waals surface area contributed by atoms with E-state index >= 15 is 0 Å². The zero-order valence-corrected chi connectivity index (χ0v) is 17.2. The molecule has 5 nitrogen and oxygen atoms in total. The number of benzene rings is 2. The van der Waals surface area contributed by atoms with Gasteiger partial charge in [0.05, 0.1) is 16.9 Å². The van der Waals surface area contributed by atoms with Crippen LogP contribution in [0.15, 0.2) is 48.8 Å². The molecule has 3 N–H and O–H groups in total. The SMILES string of the molecule is NC1CCN(c2cncc(C3CNc4ccc(-c5c(F)cccc5Cl)cc43)n2)CC1. The lowest BCUT2D eigenvalue weighted by Crippen LogP contribution is -2.40. The minimum absolute atomic E-state index is 0.0463. The van der Waals surface area contributed by atoms with Crippen LogP contribution in [0.4, 0.5) is 15.9 Å². The van der Waals surface area contributed by atoms with Gasteiger partial charge in [-0.25, -0.2) is 9.37 Å². The lowest BCUT2D eigenvalue weighted by Gasteiger charge is -2.31. The van der Waals surface area contributed by atoms with E-state index in [1.807, 2.05) is 30.6 Å². The minimum atomic E-state index is -0.324. The summed E-state index contributed by atoms with van der Waals surface area (Å²) in [6, 6.07) is 10.9. The lowest BCUT2D eigenvalue weighted by molar-refractivity contribution is 0.497. The first-order chi connectivity index (χ1) is 14.6. The number of fused-ring (bicyclic) bond motifs is 1. The van der Waals surface area contributed by atoms with Crippen LogP contribution < -0.4 is 16.0 Å². The van der Waals surface area contributed by atoms with Gasteiger partial charge in [-0.3, -0.25) is 4.98 Å². The molecule has 1 saturated heterocycles. The van der Waals surface area contributed by atoms with Crippen LogP contribution in [0, 0.1) is 5.82 Å². The second kappa shape index (κ2) is 7.85. The smallest absolute Gasteiger partial charge is 0.147 e. The Morgan fingerprint density at radius 2 is 1.97 bits per heavy atom. The molecule has 1 atom stereocenters. The summed E-state index contributed by atoms with van der Waals surface area (Å²) in [5, 5.41) is 3.84. The topological polar surface area (TPSA) is 67.1 Å². The number of halogens is 2. The lowest BCUT2D eigenvalue weighted by atomic mass is 9.94. The van der Waals surface area contributed by atoms with Crippen LogP contribution >= 0.6 is 11.6 Å². The number of rotatable bonds is 3. The zero-order chi connectivity index (χ0) is 20.7. The van der Waals surface area contributed by atoms with E-state index < -0.39 is 0 Å². The number of nitrogens with zero attached hydrogens (tertiary/aromatic N) is 3. The highest BCUT2D eigenvalue weighted by Gasteiger charge is 2.27. The molecular weight excluding hydrogens is 401 g/mol. The van der Waals surface area contributed by atoms with Crippen LogP contribution in [-0.2, 0) is 0 Å². The molecule has 2 aliphatic rings. The molecule has 1 unspecified atom stereocenters. The van der Waals surface area contributed by atoms with E-state index in [4.69, 9.17) is 22.3 Å². The molecule has 0 aliphatic carbocycles. The van der Waals surface area contributed by atoms with Gasteiger partial charge in [-0.1, -0.05) is 23.7 Å². The number of piperidine rings is 1. The van der Waals surface area contributed by atoms with Gasteiger partial charge in [0.15, 0.2) is 0 Å². The quantitative estimate of drug-likeness (QED) is 0.652. The third-order valence-electron chi connectivity index (χ3n) is 6.04. The second-order valence-electron chi connectivity index (χ2n) is 7.96. The molecule has 30 heavy (non-hydrogen) atoms. The molecule has 0 saturated carbocycles. The van der Waals surface area contributed by atoms with Crippen molar-refractivity contribution >= 4 is 23.1 Å². The fourth-order valence-electron chi connectivity index (χ4n) is 4.35. The van der Waals surface area contributed by atoms with Gasteiger partial charge in [0.25, 0.3) is 0 Å². The van der Waals surface area contributed by atoms with Gasteiger partial charge in [-0.2, -0.15) is 0 Å². The predicted octanol–water partition coefficient (Wildman–Crippen LogP) is 4.42. The van der Waals surface area contributed by atoms with Gasteiger partial charge in [0.2, 0.25) is 0 Å². The minimum Gasteiger partial charge on any atom is -0.384 e. The summed E-state index contributed by atoms with van der Waals surface area (Å²) in [7, 11) is 0. The van der Waals surface area contributed by atoms with E-state index in [-0.39, 0.29) is 17.8 Å². The van der Waals surface area contributed by atoms with Crippen LogP contribution in [0.5, 0.6) is 0 Å². The molecule has 1 aromatic heterocycles. The van der Waals surface area contributed by atoms with Crippen molar-refractivity contribution in [3.8, 4) is 11.1 Å². The Bertz CT molecular complexity index is 1060. The highest BCUT2D eigenvalue weighted by atomic mass is 35.5. The molecule has 2 aliphatic heterocycles. The van der Waals surface area contributed by atoms with Crippen molar-refractivity contribution in [3.05, 3.63) is 70.9 Å². The largest absolute Gasteiger partial charge is 0.384 e. The maximum atomic E-state index is 14.5. The van der Waals surface area contributed by atoms with Crippen molar-refractivity contribution < 1.29 is 4.39 Å². The molecule has 154 valence electrons. The van der Waals surface area contributed by atoms with Crippen molar-refractivity contribution in [1.29, 1.82) is 0 Å². The first kappa shape index (κ1) is 19.3. The van der Waals surface area contributed by atoms with Crippen molar-refractivity contribution in [3.63, 3.8) is 0 Å². The number of nitrogens with one attached hydrogen (secondary N) is 1. The molecule has 3 heterocycles. The number of aromatic nitrogens is 2. The standard InChI is InChI=1S/C23H23ClFN5/c24-18-2-1-3-19(25)23(18)14-4-5-20-16(10-14)17(11-28-20)21-12-27-13-22(29-21)30-8-6-15(26)7-9-30/h1-5,10,12-13,15,17,28H,6-9,11,26H2. The maximum absolute atomic E-state index is 14.5. The summed E-state index contributed by atoms with van der Waals surface area (Å²) in [6.07, 6.45) is 5.57. The second-order valence-corrected chi connectivity index (χ2v) is 8.37. The van der Waals surface area contributed by atoms with E-state index in [0.29, 0.717) is 10.6 Å². The van der Waals surface area contributed by atoms with E-state index in [2.05, 4.69) is 15.2 Å². The predicted molar refractivity (Wildman–Crippen MR) is 119 cm³/mol. The summed E-state index contributed by atoms with van der Waals surface area (Å²) in [4.78, 5) is 11.6. The van der Waals surface area contributed by atoms with Gasteiger partial charge < -0.3 is 16.0 Å². The first-order valence-electron chi connectivity index (χ1n) is 10.2. The summed E-state index contributed by atoms with van der Waals surface area (Å²) >= 11 is 6.29. The highest BCUT2D eigenvalue weighted by Crippen LogP contribution is 2.40. The summed E-state index contributed by atoms with van der Waals surface area (Å²) in [6.45, 7) is 2.52.